The summed E-state index contributed by atoms with van der Waals surface area (Å²) in [6.45, 7) is 0.361. The Kier molecular flexibility index (Phi) is 5.28. The molecule has 3 amide bonds. The van der Waals surface area contributed by atoms with E-state index in [9.17, 15) is 22.8 Å². The van der Waals surface area contributed by atoms with Gasteiger partial charge < -0.3 is 10.2 Å². The first-order valence-corrected chi connectivity index (χ1v) is 11.2. The first-order chi connectivity index (χ1) is 15.9. The van der Waals surface area contributed by atoms with Gasteiger partial charge in [-0.3, -0.25) is 9.69 Å². The minimum absolute atomic E-state index is 0.0305. The second-order valence-corrected chi connectivity index (χ2v) is 9.03. The Morgan fingerprint density at radius 2 is 1.76 bits per heavy atom. The summed E-state index contributed by atoms with van der Waals surface area (Å²) >= 11 is 1.35. The number of amides is 3. The van der Waals surface area contributed by atoms with Crippen LogP contribution in [-0.2, 0) is 16.2 Å². The van der Waals surface area contributed by atoms with Crippen molar-refractivity contribution in [1.82, 2.24) is 4.90 Å². The van der Waals surface area contributed by atoms with Crippen LogP contribution in [0.2, 0.25) is 0 Å². The lowest BCUT2D eigenvalue weighted by atomic mass is 10.1. The molecule has 0 bridgehead atoms. The van der Waals surface area contributed by atoms with E-state index in [0.29, 0.717) is 34.8 Å². The first kappa shape index (κ1) is 21.4. The largest absolute Gasteiger partial charge is 0.323 e. The van der Waals surface area contributed by atoms with Gasteiger partial charge in [0.2, 0.25) is 0 Å². The molecule has 2 aliphatic rings. The van der Waals surface area contributed by atoms with Crippen molar-refractivity contribution in [2.24, 2.45) is 0 Å². The number of nitrogens with zero attached hydrogens (tertiary/aromatic N) is 2. The highest BCUT2D eigenvalue weighted by atomic mass is 32.2. The topological polar surface area (TPSA) is 52.7 Å². The van der Waals surface area contributed by atoms with Crippen LogP contribution in [0.3, 0.4) is 0 Å². The maximum absolute atomic E-state index is 13.8. The second kappa shape index (κ2) is 8.15. The fraction of sp³-hybridized carbons (Fsp3) is 0.167. The molecular formula is C24H18F3N3O2S. The molecule has 1 spiro atoms. The molecule has 2 heterocycles. The third kappa shape index (κ3) is 3.52. The van der Waals surface area contributed by atoms with Gasteiger partial charge in [-0.15, -0.1) is 11.8 Å². The summed E-state index contributed by atoms with van der Waals surface area (Å²) in [6, 6.07) is 15.6. The molecule has 5 nitrogen and oxygen atoms in total. The third-order valence-electron chi connectivity index (χ3n) is 5.77. The average molecular weight is 469 g/mol. The molecule has 2 aliphatic heterocycles. The van der Waals surface area contributed by atoms with Gasteiger partial charge in [-0.2, -0.15) is 0 Å². The van der Waals surface area contributed by atoms with E-state index in [1.54, 1.807) is 24.3 Å². The molecule has 0 aromatic heterocycles. The van der Waals surface area contributed by atoms with Crippen LogP contribution in [0.25, 0.3) is 0 Å². The Balaban J connectivity index is 1.49. The molecule has 1 N–H and O–H groups in total. The highest BCUT2D eigenvalue weighted by Crippen LogP contribution is 2.54. The van der Waals surface area contributed by atoms with Gasteiger partial charge in [-0.1, -0.05) is 24.3 Å². The Hall–Kier alpha value is -3.46. The van der Waals surface area contributed by atoms with Crippen LogP contribution in [0, 0.1) is 17.5 Å². The highest BCUT2D eigenvalue weighted by Gasteiger charge is 2.59. The number of anilines is 2. The van der Waals surface area contributed by atoms with E-state index >= 15 is 0 Å². The van der Waals surface area contributed by atoms with Crippen molar-refractivity contribution in [3.05, 3.63) is 95.3 Å². The second-order valence-electron chi connectivity index (χ2n) is 7.74. The molecule has 1 fully saturated rings. The van der Waals surface area contributed by atoms with Crippen molar-refractivity contribution in [2.45, 2.75) is 11.4 Å². The summed E-state index contributed by atoms with van der Waals surface area (Å²) in [7, 11) is 0. The monoisotopic (exact) mass is 469 g/mol. The molecule has 33 heavy (non-hydrogen) atoms. The van der Waals surface area contributed by atoms with Gasteiger partial charge in [-0.25, -0.2) is 18.0 Å². The van der Waals surface area contributed by atoms with Crippen LogP contribution in [-0.4, -0.2) is 29.1 Å². The average Bonchev–Trinajstić information content (AvgIpc) is 3.35. The van der Waals surface area contributed by atoms with Gasteiger partial charge in [0.25, 0.3) is 5.91 Å². The predicted molar refractivity (Wildman–Crippen MR) is 120 cm³/mol. The lowest BCUT2D eigenvalue weighted by Crippen LogP contribution is -2.51. The highest BCUT2D eigenvalue weighted by molar-refractivity contribution is 8.01. The van der Waals surface area contributed by atoms with Gasteiger partial charge >= 0.3 is 6.03 Å². The van der Waals surface area contributed by atoms with E-state index < -0.39 is 28.4 Å². The Morgan fingerprint density at radius 1 is 1.00 bits per heavy atom. The number of rotatable bonds is 3. The quantitative estimate of drug-likeness (QED) is 0.582. The molecule has 3 aromatic carbocycles. The number of thioether (sulfide) groups is 1. The molecule has 0 aliphatic carbocycles. The number of hydrogen-bond acceptors (Lipinski definition) is 3. The SMILES string of the molecule is O=C(Nc1ccc(F)cc1)N1CCS[C@@]12C(=O)N(Cc1ccc(F)c(F)c1)c1ccccc12. The number of nitrogens with one attached hydrogen (secondary N) is 1. The number of fused-ring (bicyclic) bond motifs is 2. The van der Waals surface area contributed by atoms with Crippen molar-refractivity contribution < 1.29 is 22.8 Å². The van der Waals surface area contributed by atoms with Gasteiger partial charge in [0.15, 0.2) is 16.5 Å². The molecule has 3 aromatic rings. The number of halogens is 3. The van der Waals surface area contributed by atoms with Crippen LogP contribution < -0.4 is 10.2 Å². The number of para-hydroxylation sites is 1. The molecule has 9 heteroatoms. The fourth-order valence-electron chi connectivity index (χ4n) is 4.27. The van der Waals surface area contributed by atoms with Crippen LogP contribution in [0.15, 0.2) is 66.7 Å². The van der Waals surface area contributed by atoms with Crippen molar-refractivity contribution in [3.63, 3.8) is 0 Å². The Labute approximate surface area is 192 Å². The summed E-state index contributed by atoms with van der Waals surface area (Å²) in [6.07, 6.45) is 0. The molecule has 1 atom stereocenters. The number of carbonyl (C=O) groups excluding carboxylic acids is 2. The number of hydrogen-bond donors (Lipinski definition) is 1. The lowest BCUT2D eigenvalue weighted by Gasteiger charge is -2.33. The smallest absolute Gasteiger partial charge is 0.308 e. The van der Waals surface area contributed by atoms with E-state index in [-0.39, 0.29) is 12.5 Å². The molecular weight excluding hydrogens is 451 g/mol. The molecule has 0 radical (unpaired) electrons. The number of urea groups is 1. The summed E-state index contributed by atoms with van der Waals surface area (Å²) in [5.41, 5.74) is 2.11. The van der Waals surface area contributed by atoms with Gasteiger partial charge in [-0.05, 0) is 48.0 Å². The lowest BCUT2D eigenvalue weighted by molar-refractivity contribution is -0.123. The zero-order chi connectivity index (χ0) is 23.2. The van der Waals surface area contributed by atoms with Crippen molar-refractivity contribution in [3.8, 4) is 0 Å². The number of benzene rings is 3. The molecule has 0 saturated carbocycles. The van der Waals surface area contributed by atoms with E-state index in [1.807, 2.05) is 0 Å². The standard InChI is InChI=1S/C24H18F3N3O2S/c25-16-6-8-17(9-7-16)28-23(32)30-11-12-33-24(30)18-3-1-2-4-21(18)29(22(24)31)14-15-5-10-19(26)20(27)13-15/h1-10,13H,11-12,14H2,(H,28,32)/t24-/m0/s1. The van der Waals surface area contributed by atoms with Gasteiger partial charge in [0.1, 0.15) is 5.82 Å². The molecule has 0 unspecified atom stereocenters. The molecule has 168 valence electrons. The summed E-state index contributed by atoms with van der Waals surface area (Å²) in [5.74, 6) is -2.16. The van der Waals surface area contributed by atoms with E-state index in [0.717, 1.165) is 12.1 Å². The minimum Gasteiger partial charge on any atom is -0.308 e. The van der Waals surface area contributed by atoms with Crippen molar-refractivity contribution >= 4 is 35.1 Å². The summed E-state index contributed by atoms with van der Waals surface area (Å²) in [5, 5.41) is 2.74. The zero-order valence-electron chi connectivity index (χ0n) is 17.2. The fourth-order valence-corrected chi connectivity index (χ4v) is 5.73. The number of carbonyl (C=O) groups is 2. The Bertz CT molecular complexity index is 1250. The molecule has 5 rings (SSSR count). The van der Waals surface area contributed by atoms with E-state index in [1.165, 1.54) is 51.9 Å². The first-order valence-electron chi connectivity index (χ1n) is 10.2. The maximum atomic E-state index is 13.8. The van der Waals surface area contributed by atoms with Crippen LogP contribution in [0.1, 0.15) is 11.1 Å². The van der Waals surface area contributed by atoms with Crippen LogP contribution >= 0.6 is 11.8 Å². The predicted octanol–water partition coefficient (Wildman–Crippen LogP) is 5.08. The van der Waals surface area contributed by atoms with Crippen molar-refractivity contribution in [1.29, 1.82) is 0 Å². The summed E-state index contributed by atoms with van der Waals surface area (Å²) < 4.78 is 40.4. The normalized spacial score (nSPS) is 19.3. The van der Waals surface area contributed by atoms with Crippen LogP contribution in [0.5, 0.6) is 0 Å². The third-order valence-corrected chi connectivity index (χ3v) is 7.19. The molecule has 1 saturated heterocycles. The minimum atomic E-state index is -1.28. The van der Waals surface area contributed by atoms with Crippen LogP contribution in [0.4, 0.5) is 29.3 Å². The van der Waals surface area contributed by atoms with Gasteiger partial charge in [0, 0.05) is 23.5 Å². The maximum Gasteiger partial charge on any atom is 0.323 e. The van der Waals surface area contributed by atoms with E-state index in [4.69, 9.17) is 0 Å². The summed E-state index contributed by atoms with van der Waals surface area (Å²) in [4.78, 5) is 28.7. The van der Waals surface area contributed by atoms with Gasteiger partial charge in [0.05, 0.1) is 12.2 Å². The van der Waals surface area contributed by atoms with Crippen molar-refractivity contribution in [2.75, 3.05) is 22.5 Å². The Morgan fingerprint density at radius 3 is 2.52 bits per heavy atom. The van der Waals surface area contributed by atoms with E-state index in [2.05, 4.69) is 5.32 Å². The zero-order valence-corrected chi connectivity index (χ0v) is 18.0.